The minimum absolute atomic E-state index is 0.206. The number of hydrogen-bond donors (Lipinski definition) is 1. The Morgan fingerprint density at radius 2 is 1.75 bits per heavy atom. The molecule has 1 aromatic heterocycles. The molecule has 0 aliphatic heterocycles. The maximum Gasteiger partial charge on any atom is 0.284 e. The molecular weight excluding hydrogens is 254 g/mol. The van der Waals surface area contributed by atoms with Crippen molar-refractivity contribution in [1.29, 1.82) is 0 Å². The van der Waals surface area contributed by atoms with Crippen LogP contribution in [0.4, 0.5) is 0 Å². The summed E-state index contributed by atoms with van der Waals surface area (Å²) in [6, 6.07) is 13.7. The van der Waals surface area contributed by atoms with Crippen molar-refractivity contribution in [2.24, 2.45) is 0 Å². The molecule has 3 aromatic rings. The van der Waals surface area contributed by atoms with Gasteiger partial charge < -0.3 is 9.52 Å². The standard InChI is InChI=1S/C16H11NO3/c18-12-8-5-11(6-9-12)7-10-15-17-16(19)13-3-1-2-4-14(13)20-15/h1-10,18H. The zero-order chi connectivity index (χ0) is 13.9. The molecular formula is C16H11NO3. The van der Waals surface area contributed by atoms with Crippen molar-refractivity contribution in [1.82, 2.24) is 4.98 Å². The van der Waals surface area contributed by atoms with Crippen LogP contribution >= 0.6 is 0 Å². The average molecular weight is 265 g/mol. The van der Waals surface area contributed by atoms with Crippen molar-refractivity contribution >= 4 is 23.1 Å². The van der Waals surface area contributed by atoms with E-state index in [1.54, 1.807) is 60.7 Å². The Bertz CT molecular complexity index is 832. The van der Waals surface area contributed by atoms with E-state index in [0.717, 1.165) is 5.56 Å². The Morgan fingerprint density at radius 1 is 1.00 bits per heavy atom. The Morgan fingerprint density at radius 3 is 2.55 bits per heavy atom. The van der Waals surface area contributed by atoms with Gasteiger partial charge in [-0.3, -0.25) is 4.79 Å². The van der Waals surface area contributed by atoms with Crippen LogP contribution in [-0.2, 0) is 0 Å². The first kappa shape index (κ1) is 12.2. The summed E-state index contributed by atoms with van der Waals surface area (Å²) < 4.78 is 5.54. The second-order valence-electron chi connectivity index (χ2n) is 4.28. The summed E-state index contributed by atoms with van der Waals surface area (Å²) in [6.45, 7) is 0. The van der Waals surface area contributed by atoms with E-state index in [1.165, 1.54) is 0 Å². The number of hydrogen-bond acceptors (Lipinski definition) is 4. The number of phenols is 1. The normalized spacial score (nSPS) is 11.2. The molecule has 20 heavy (non-hydrogen) atoms. The molecule has 1 N–H and O–H groups in total. The summed E-state index contributed by atoms with van der Waals surface area (Å²) in [5.74, 6) is 0.458. The van der Waals surface area contributed by atoms with Gasteiger partial charge in [0.25, 0.3) is 5.56 Å². The lowest BCUT2D eigenvalue weighted by Gasteiger charge is -1.97. The topological polar surface area (TPSA) is 63.3 Å². The Balaban J connectivity index is 1.98. The van der Waals surface area contributed by atoms with E-state index >= 15 is 0 Å². The molecule has 0 fully saturated rings. The lowest BCUT2D eigenvalue weighted by atomic mass is 10.2. The molecule has 0 radical (unpaired) electrons. The molecule has 3 rings (SSSR count). The first-order chi connectivity index (χ1) is 9.72. The number of aromatic hydroxyl groups is 1. The molecule has 4 nitrogen and oxygen atoms in total. The number of nitrogens with zero attached hydrogens (tertiary/aromatic N) is 1. The molecule has 0 atom stereocenters. The third-order valence-corrected chi connectivity index (χ3v) is 2.86. The summed E-state index contributed by atoms with van der Waals surface area (Å²) in [7, 11) is 0. The third kappa shape index (κ3) is 2.44. The van der Waals surface area contributed by atoms with Crippen LogP contribution in [0.25, 0.3) is 23.1 Å². The molecule has 0 saturated heterocycles. The van der Waals surface area contributed by atoms with Gasteiger partial charge in [0.2, 0.25) is 5.89 Å². The molecule has 0 aliphatic rings. The summed E-state index contributed by atoms with van der Waals surface area (Å²) in [5, 5.41) is 9.67. The van der Waals surface area contributed by atoms with Crippen molar-refractivity contribution in [3.05, 3.63) is 70.3 Å². The van der Waals surface area contributed by atoms with E-state index in [-0.39, 0.29) is 17.2 Å². The van der Waals surface area contributed by atoms with Crippen LogP contribution < -0.4 is 5.56 Å². The molecule has 1 heterocycles. The van der Waals surface area contributed by atoms with E-state index in [1.807, 2.05) is 0 Å². The minimum Gasteiger partial charge on any atom is -0.508 e. The quantitative estimate of drug-likeness (QED) is 0.773. The van der Waals surface area contributed by atoms with Crippen LogP contribution in [0.15, 0.2) is 57.7 Å². The van der Waals surface area contributed by atoms with Crippen molar-refractivity contribution in [3.63, 3.8) is 0 Å². The van der Waals surface area contributed by atoms with Gasteiger partial charge in [0.05, 0.1) is 5.39 Å². The predicted octanol–water partition coefficient (Wildman–Crippen LogP) is 3.06. The van der Waals surface area contributed by atoms with Gasteiger partial charge in [0.15, 0.2) is 0 Å². The van der Waals surface area contributed by atoms with Gasteiger partial charge in [-0.2, -0.15) is 4.98 Å². The molecule has 4 heteroatoms. The number of rotatable bonds is 2. The lowest BCUT2D eigenvalue weighted by Crippen LogP contribution is -2.06. The van der Waals surface area contributed by atoms with Crippen LogP contribution in [0.2, 0.25) is 0 Å². The predicted molar refractivity (Wildman–Crippen MR) is 77.3 cm³/mol. The fourth-order valence-corrected chi connectivity index (χ4v) is 1.85. The van der Waals surface area contributed by atoms with Crippen molar-refractivity contribution in [3.8, 4) is 5.75 Å². The zero-order valence-corrected chi connectivity index (χ0v) is 10.5. The first-order valence-corrected chi connectivity index (χ1v) is 6.09. The smallest absolute Gasteiger partial charge is 0.284 e. The van der Waals surface area contributed by atoms with E-state index in [4.69, 9.17) is 4.42 Å². The monoisotopic (exact) mass is 265 g/mol. The number of fused-ring (bicyclic) bond motifs is 1. The second kappa shape index (κ2) is 5.01. The van der Waals surface area contributed by atoms with Gasteiger partial charge in [-0.1, -0.05) is 24.3 Å². The van der Waals surface area contributed by atoms with Crippen LogP contribution in [0.3, 0.4) is 0 Å². The van der Waals surface area contributed by atoms with Crippen molar-refractivity contribution in [2.75, 3.05) is 0 Å². The SMILES string of the molecule is O=c1nc(C=Cc2ccc(O)cc2)oc2ccccc12. The van der Waals surface area contributed by atoms with Gasteiger partial charge >= 0.3 is 0 Å². The summed E-state index contributed by atoms with van der Waals surface area (Å²) >= 11 is 0. The van der Waals surface area contributed by atoms with E-state index in [0.29, 0.717) is 11.0 Å². The maximum atomic E-state index is 11.8. The minimum atomic E-state index is -0.308. The van der Waals surface area contributed by atoms with Gasteiger partial charge in [-0.15, -0.1) is 0 Å². The second-order valence-corrected chi connectivity index (χ2v) is 4.28. The highest BCUT2D eigenvalue weighted by Crippen LogP contribution is 2.14. The number of phenolic OH excluding ortho intramolecular Hbond substituents is 1. The van der Waals surface area contributed by atoms with E-state index in [9.17, 15) is 9.90 Å². The van der Waals surface area contributed by atoms with E-state index < -0.39 is 0 Å². The summed E-state index contributed by atoms with van der Waals surface area (Å²) in [6.07, 6.45) is 3.39. The van der Waals surface area contributed by atoms with Gasteiger partial charge in [0, 0.05) is 6.08 Å². The molecule has 0 unspecified atom stereocenters. The molecule has 0 amide bonds. The highest BCUT2D eigenvalue weighted by molar-refractivity contribution is 5.76. The largest absolute Gasteiger partial charge is 0.508 e. The highest BCUT2D eigenvalue weighted by atomic mass is 16.3. The fourth-order valence-electron chi connectivity index (χ4n) is 1.85. The number of benzene rings is 2. The molecule has 98 valence electrons. The fraction of sp³-hybridized carbons (Fsp3) is 0. The highest BCUT2D eigenvalue weighted by Gasteiger charge is 2.02. The zero-order valence-electron chi connectivity index (χ0n) is 10.5. The Kier molecular flexibility index (Phi) is 3.05. The van der Waals surface area contributed by atoms with Crippen molar-refractivity contribution in [2.45, 2.75) is 0 Å². The lowest BCUT2D eigenvalue weighted by molar-refractivity contribution is 0.475. The maximum absolute atomic E-state index is 11.8. The third-order valence-electron chi connectivity index (χ3n) is 2.86. The molecule has 0 saturated carbocycles. The molecule has 0 aliphatic carbocycles. The molecule has 0 bridgehead atoms. The van der Waals surface area contributed by atoms with Gasteiger partial charge in [-0.05, 0) is 35.9 Å². The van der Waals surface area contributed by atoms with Crippen LogP contribution in [0.1, 0.15) is 11.5 Å². The summed E-state index contributed by atoms with van der Waals surface area (Å²) in [4.78, 5) is 15.7. The molecule has 0 spiro atoms. The van der Waals surface area contributed by atoms with Crippen LogP contribution in [0, 0.1) is 0 Å². The van der Waals surface area contributed by atoms with Crippen molar-refractivity contribution < 1.29 is 9.52 Å². The Labute approximate surface area is 114 Å². The van der Waals surface area contributed by atoms with Crippen LogP contribution in [-0.4, -0.2) is 10.1 Å². The number of aromatic nitrogens is 1. The first-order valence-electron chi connectivity index (χ1n) is 6.09. The van der Waals surface area contributed by atoms with Gasteiger partial charge in [-0.25, -0.2) is 0 Å². The molecule has 2 aromatic carbocycles. The average Bonchev–Trinajstić information content (AvgIpc) is 2.47. The van der Waals surface area contributed by atoms with Crippen LogP contribution in [0.5, 0.6) is 5.75 Å². The van der Waals surface area contributed by atoms with E-state index in [2.05, 4.69) is 4.98 Å². The number of para-hydroxylation sites is 1. The van der Waals surface area contributed by atoms with Gasteiger partial charge in [0.1, 0.15) is 11.3 Å². The summed E-state index contributed by atoms with van der Waals surface area (Å²) in [5.41, 5.74) is 1.08. The Hall–Kier alpha value is -2.88.